The van der Waals surface area contributed by atoms with Crippen LogP contribution < -0.4 is 10.6 Å². The normalized spacial score (nSPS) is 12.1. The van der Waals surface area contributed by atoms with Gasteiger partial charge in [0.1, 0.15) is 0 Å². The maximum atomic E-state index is 12.3. The van der Waals surface area contributed by atoms with Gasteiger partial charge in [-0.3, -0.25) is 8.98 Å². The van der Waals surface area contributed by atoms with E-state index >= 15 is 0 Å². The molecule has 0 bridgehead atoms. The van der Waals surface area contributed by atoms with Crippen molar-refractivity contribution in [2.24, 2.45) is 0 Å². The molecule has 0 radical (unpaired) electrons. The fourth-order valence-electron chi connectivity index (χ4n) is 3.44. The van der Waals surface area contributed by atoms with Crippen LogP contribution in [0.4, 0.5) is 11.4 Å². The number of benzene rings is 2. The van der Waals surface area contributed by atoms with Crippen molar-refractivity contribution in [2.75, 3.05) is 24.3 Å². The van der Waals surface area contributed by atoms with Crippen LogP contribution in [0.5, 0.6) is 0 Å². The van der Waals surface area contributed by atoms with Crippen molar-refractivity contribution in [3.05, 3.63) is 66.4 Å². The molecule has 0 aliphatic rings. The third-order valence-corrected chi connectivity index (χ3v) is 6.65. The van der Waals surface area contributed by atoms with E-state index in [0.29, 0.717) is 19.4 Å². The van der Waals surface area contributed by atoms with Gasteiger partial charge in [-0.2, -0.15) is 8.42 Å². The first-order valence-electron chi connectivity index (χ1n) is 11.0. The number of anilines is 2. The smallest absolute Gasteiger partial charge is 0.303 e. The minimum atomic E-state index is -3.81. The molecule has 2 rings (SSSR count). The van der Waals surface area contributed by atoms with E-state index in [1.807, 2.05) is 42.6 Å². The first kappa shape index (κ1) is 26.4. The summed E-state index contributed by atoms with van der Waals surface area (Å²) in [6.07, 6.45) is 7.04. The molecule has 0 aliphatic carbocycles. The van der Waals surface area contributed by atoms with Gasteiger partial charge in [-0.25, -0.2) is 0 Å². The summed E-state index contributed by atoms with van der Waals surface area (Å²) in [5.41, 5.74) is 2.36. The van der Waals surface area contributed by atoms with Crippen LogP contribution in [0.3, 0.4) is 0 Å². The fourth-order valence-corrected chi connectivity index (χ4v) is 4.13. The maximum Gasteiger partial charge on any atom is 0.303 e. The van der Waals surface area contributed by atoms with E-state index in [9.17, 15) is 13.2 Å². The Kier molecular flexibility index (Phi) is 9.94. The van der Waals surface area contributed by atoms with Crippen LogP contribution in [0.25, 0.3) is 0 Å². The molecular weight excluding hydrogens is 440 g/mol. The largest absolute Gasteiger partial charge is 0.481 e. The van der Waals surface area contributed by atoms with Gasteiger partial charge in [-0.05, 0) is 66.8 Å². The second kappa shape index (κ2) is 12.4. The molecule has 2 aromatic rings. The molecule has 2 aromatic carbocycles. The molecule has 3 N–H and O–H groups in total. The van der Waals surface area contributed by atoms with E-state index in [4.69, 9.17) is 9.29 Å². The summed E-state index contributed by atoms with van der Waals surface area (Å²) in [6, 6.07) is 14.8. The summed E-state index contributed by atoms with van der Waals surface area (Å²) < 4.78 is 29.3. The minimum Gasteiger partial charge on any atom is -0.481 e. The van der Waals surface area contributed by atoms with Crippen LogP contribution >= 0.6 is 0 Å². The lowest BCUT2D eigenvalue weighted by Gasteiger charge is -2.28. The molecule has 7 nitrogen and oxygen atoms in total. The third-order valence-electron chi connectivity index (χ3n) is 5.38. The zero-order chi connectivity index (χ0) is 24.3. The maximum absolute atomic E-state index is 12.3. The number of carbonyl (C=O) groups is 1. The molecule has 0 unspecified atom stereocenters. The predicted octanol–water partition coefficient (Wildman–Crippen LogP) is 5.37. The van der Waals surface area contributed by atoms with Gasteiger partial charge >= 0.3 is 5.97 Å². The number of carboxylic acid groups (broad SMARTS) is 1. The van der Waals surface area contributed by atoms with E-state index in [0.717, 1.165) is 36.9 Å². The summed E-state index contributed by atoms with van der Waals surface area (Å²) in [5, 5.41) is 15.4. The average molecular weight is 475 g/mol. The van der Waals surface area contributed by atoms with Gasteiger partial charge in [-0.1, -0.05) is 44.5 Å². The highest BCUT2D eigenvalue weighted by atomic mass is 32.2. The highest BCUT2D eigenvalue weighted by Crippen LogP contribution is 2.35. The van der Waals surface area contributed by atoms with E-state index in [1.54, 1.807) is 12.1 Å². The number of hydrogen-bond acceptors (Lipinski definition) is 6. The standard InChI is InChI=1S/C25H34N2O5S/c1-25(2,16-10-18-26-20-11-6-4-7-12-20)22-19-21(33(30,31)32-3)14-15-23(22)27-17-9-5-8-13-24(28)29/h4,6-7,10-12,14-15,18-19,26-27H,5,8-9,13,16-17H2,1-3H3,(H,28,29)/b18-10+. The van der Waals surface area contributed by atoms with Crippen LogP contribution in [-0.4, -0.2) is 33.1 Å². The highest BCUT2D eigenvalue weighted by molar-refractivity contribution is 7.86. The van der Waals surface area contributed by atoms with Gasteiger partial charge in [0.05, 0.1) is 12.0 Å². The number of para-hydroxylation sites is 1. The Hall–Kier alpha value is -2.84. The number of nitrogens with one attached hydrogen (secondary N) is 2. The quantitative estimate of drug-likeness (QED) is 0.250. The summed E-state index contributed by atoms with van der Waals surface area (Å²) in [4.78, 5) is 10.8. The van der Waals surface area contributed by atoms with Crippen molar-refractivity contribution in [1.29, 1.82) is 0 Å². The number of unbranched alkanes of at least 4 members (excludes halogenated alkanes) is 2. The average Bonchev–Trinajstić information content (AvgIpc) is 2.79. The van der Waals surface area contributed by atoms with Crippen LogP contribution in [0.1, 0.15) is 51.5 Å². The molecule has 0 aliphatic heterocycles. The summed E-state index contributed by atoms with van der Waals surface area (Å²) in [6.45, 7) is 4.80. The first-order chi connectivity index (χ1) is 15.7. The lowest BCUT2D eigenvalue weighted by Crippen LogP contribution is -2.20. The lowest BCUT2D eigenvalue weighted by atomic mass is 9.80. The lowest BCUT2D eigenvalue weighted by molar-refractivity contribution is -0.137. The SMILES string of the molecule is COS(=O)(=O)c1ccc(NCCCCCC(=O)O)c(C(C)(C)C/C=C/Nc2ccccc2)c1. The molecule has 33 heavy (non-hydrogen) atoms. The summed E-state index contributed by atoms with van der Waals surface area (Å²) >= 11 is 0. The molecule has 180 valence electrons. The molecule has 0 atom stereocenters. The van der Waals surface area contributed by atoms with Crippen molar-refractivity contribution in [2.45, 2.75) is 56.3 Å². The zero-order valence-corrected chi connectivity index (χ0v) is 20.3. The summed E-state index contributed by atoms with van der Waals surface area (Å²) in [5.74, 6) is -0.781. The third kappa shape index (κ3) is 8.55. The number of hydrogen-bond donors (Lipinski definition) is 3. The Morgan fingerprint density at radius 3 is 2.48 bits per heavy atom. The number of rotatable bonds is 14. The van der Waals surface area contributed by atoms with Crippen LogP contribution in [-0.2, 0) is 24.5 Å². The number of carboxylic acids is 1. The molecule has 0 amide bonds. The van der Waals surface area contributed by atoms with E-state index in [-0.39, 0.29) is 16.7 Å². The molecule has 0 spiro atoms. The van der Waals surface area contributed by atoms with Crippen molar-refractivity contribution < 1.29 is 22.5 Å². The van der Waals surface area contributed by atoms with Gasteiger partial charge in [0.15, 0.2) is 0 Å². The Labute approximate surface area is 197 Å². The number of aliphatic carboxylic acids is 1. The molecular formula is C25H34N2O5S. The monoisotopic (exact) mass is 474 g/mol. The van der Waals surface area contributed by atoms with Gasteiger partial charge < -0.3 is 15.7 Å². The zero-order valence-electron chi connectivity index (χ0n) is 19.5. The van der Waals surface area contributed by atoms with Crippen LogP contribution in [0, 0.1) is 0 Å². The number of allylic oxidation sites excluding steroid dienone is 1. The van der Waals surface area contributed by atoms with Crippen LogP contribution in [0.2, 0.25) is 0 Å². The van der Waals surface area contributed by atoms with E-state index < -0.39 is 16.1 Å². The molecule has 0 saturated carbocycles. The molecule has 0 aromatic heterocycles. The van der Waals surface area contributed by atoms with E-state index in [1.165, 1.54) is 6.07 Å². The van der Waals surface area contributed by atoms with Crippen molar-refractivity contribution >= 4 is 27.5 Å². The Balaban J connectivity index is 2.14. The highest BCUT2D eigenvalue weighted by Gasteiger charge is 2.25. The Morgan fingerprint density at radius 1 is 1.09 bits per heavy atom. The molecule has 0 saturated heterocycles. The summed E-state index contributed by atoms with van der Waals surface area (Å²) in [7, 11) is -2.66. The minimum absolute atomic E-state index is 0.117. The molecule has 0 fully saturated rings. The van der Waals surface area contributed by atoms with Crippen molar-refractivity contribution in [3.8, 4) is 0 Å². The fraction of sp³-hybridized carbons (Fsp3) is 0.400. The predicted molar refractivity (Wildman–Crippen MR) is 132 cm³/mol. The Morgan fingerprint density at radius 2 is 1.82 bits per heavy atom. The first-order valence-corrected chi connectivity index (χ1v) is 12.4. The molecule has 8 heteroatoms. The van der Waals surface area contributed by atoms with Gasteiger partial charge in [0.2, 0.25) is 0 Å². The van der Waals surface area contributed by atoms with Gasteiger partial charge in [0.25, 0.3) is 10.1 Å². The topological polar surface area (TPSA) is 105 Å². The van der Waals surface area contributed by atoms with E-state index in [2.05, 4.69) is 24.5 Å². The van der Waals surface area contributed by atoms with Crippen molar-refractivity contribution in [3.63, 3.8) is 0 Å². The second-order valence-electron chi connectivity index (χ2n) is 8.46. The second-order valence-corrected chi connectivity index (χ2v) is 10.2. The van der Waals surface area contributed by atoms with Gasteiger partial charge in [-0.15, -0.1) is 0 Å². The molecule has 0 heterocycles. The van der Waals surface area contributed by atoms with Crippen molar-refractivity contribution in [1.82, 2.24) is 0 Å². The van der Waals surface area contributed by atoms with Crippen LogP contribution in [0.15, 0.2) is 65.7 Å². The Bertz CT molecular complexity index is 1030. The van der Waals surface area contributed by atoms with Gasteiger partial charge in [0, 0.05) is 24.3 Å².